The van der Waals surface area contributed by atoms with Crippen molar-refractivity contribution in [2.75, 3.05) is 11.9 Å². The molecule has 1 aliphatic rings. The van der Waals surface area contributed by atoms with Gasteiger partial charge in [-0.25, -0.2) is 19.1 Å². The summed E-state index contributed by atoms with van der Waals surface area (Å²) >= 11 is 6.46. The second-order valence-electron chi connectivity index (χ2n) is 12.3. The fourth-order valence-electron chi connectivity index (χ4n) is 5.62. The Bertz CT molecular complexity index is 2150. The lowest BCUT2D eigenvalue weighted by molar-refractivity contribution is -0.144. The third kappa shape index (κ3) is 5.55. The van der Waals surface area contributed by atoms with E-state index in [1.54, 1.807) is 69.6 Å². The molecule has 1 aliphatic carbocycles. The van der Waals surface area contributed by atoms with E-state index in [0.29, 0.717) is 40.5 Å². The number of anilines is 2. The summed E-state index contributed by atoms with van der Waals surface area (Å²) in [6, 6.07) is 12.2. The Morgan fingerprint density at radius 3 is 2.52 bits per heavy atom. The van der Waals surface area contributed by atoms with Crippen molar-refractivity contribution in [3.63, 3.8) is 0 Å². The number of benzene rings is 1. The van der Waals surface area contributed by atoms with Crippen LogP contribution in [0.15, 0.2) is 52.1 Å². The van der Waals surface area contributed by atoms with E-state index in [0.717, 1.165) is 10.3 Å². The molecule has 0 radical (unpaired) electrons. The van der Waals surface area contributed by atoms with E-state index in [4.69, 9.17) is 21.1 Å². The predicted molar refractivity (Wildman–Crippen MR) is 173 cm³/mol. The number of nitrogens with zero attached hydrogens (tertiary/aromatic N) is 6. The Kier molecular flexibility index (Phi) is 7.75. The summed E-state index contributed by atoms with van der Waals surface area (Å²) in [5.74, 6) is 0.290. The van der Waals surface area contributed by atoms with E-state index < -0.39 is 22.9 Å². The van der Waals surface area contributed by atoms with Crippen LogP contribution in [0.25, 0.3) is 22.1 Å². The number of imidazole rings is 1. The third-order valence-corrected chi connectivity index (χ3v) is 8.22. The molecule has 0 amide bonds. The number of nitrogens with one attached hydrogen (secondary N) is 1. The number of carbonyl (C=O) groups is 2. The van der Waals surface area contributed by atoms with Crippen LogP contribution in [-0.4, -0.2) is 52.5 Å². The minimum Gasteiger partial charge on any atom is -0.466 e. The number of rotatable bonds is 7. The number of carbonyl (C=O) groups excluding carboxylic acids is 2. The Morgan fingerprint density at radius 2 is 1.80 bits per heavy atom. The molecule has 0 spiro atoms. The summed E-state index contributed by atoms with van der Waals surface area (Å²) in [6.45, 7) is 7.14. The zero-order valence-corrected chi connectivity index (χ0v) is 27.1. The van der Waals surface area contributed by atoms with Gasteiger partial charge in [-0.05, 0) is 64.4 Å². The highest BCUT2D eigenvalue weighted by Gasteiger charge is 2.46. The van der Waals surface area contributed by atoms with Crippen molar-refractivity contribution < 1.29 is 19.1 Å². The number of hydrogen-bond donors (Lipinski definition) is 1. The van der Waals surface area contributed by atoms with Gasteiger partial charge in [-0.15, -0.1) is 0 Å². The molecule has 240 valence electrons. The van der Waals surface area contributed by atoms with E-state index in [1.807, 2.05) is 12.1 Å². The van der Waals surface area contributed by atoms with Crippen molar-refractivity contribution in [1.29, 1.82) is 0 Å². The summed E-state index contributed by atoms with van der Waals surface area (Å²) < 4.78 is 16.0. The van der Waals surface area contributed by atoms with Gasteiger partial charge in [0.15, 0.2) is 11.2 Å². The molecule has 0 bridgehead atoms. The molecular weight excluding hydrogens is 614 g/mol. The van der Waals surface area contributed by atoms with Crippen LogP contribution in [-0.2, 0) is 34.9 Å². The molecule has 5 aromatic rings. The molecule has 13 nitrogen and oxygen atoms in total. The molecule has 4 heterocycles. The molecular formula is C32H34ClN7O6. The van der Waals surface area contributed by atoms with E-state index in [-0.39, 0.29) is 41.5 Å². The predicted octanol–water partition coefficient (Wildman–Crippen LogP) is 4.68. The first-order valence-corrected chi connectivity index (χ1v) is 15.3. The first-order chi connectivity index (χ1) is 21.8. The second-order valence-corrected chi connectivity index (χ2v) is 12.7. The quantitative estimate of drug-likeness (QED) is 0.249. The van der Waals surface area contributed by atoms with E-state index in [9.17, 15) is 19.2 Å². The zero-order chi connectivity index (χ0) is 33.1. The van der Waals surface area contributed by atoms with E-state index in [1.165, 1.54) is 16.2 Å². The fraction of sp³-hybridized carbons (Fsp3) is 0.375. The van der Waals surface area contributed by atoms with Gasteiger partial charge in [0.1, 0.15) is 11.4 Å². The highest BCUT2D eigenvalue weighted by molar-refractivity contribution is 6.35. The van der Waals surface area contributed by atoms with Gasteiger partial charge in [-0.1, -0.05) is 23.7 Å². The molecule has 0 unspecified atom stereocenters. The number of hydrogen-bond acceptors (Lipinski definition) is 9. The van der Waals surface area contributed by atoms with Crippen molar-refractivity contribution in [2.45, 2.75) is 52.2 Å². The molecule has 0 aliphatic heterocycles. The smallest absolute Gasteiger partial charge is 0.419 e. The van der Waals surface area contributed by atoms with Crippen LogP contribution in [0.2, 0.25) is 5.02 Å². The van der Waals surface area contributed by atoms with Gasteiger partial charge in [-0.2, -0.15) is 4.98 Å². The topological polar surface area (TPSA) is 144 Å². The third-order valence-electron chi connectivity index (χ3n) is 7.90. The van der Waals surface area contributed by atoms with Crippen LogP contribution in [0, 0.1) is 5.92 Å². The first kappa shape index (κ1) is 31.1. The van der Waals surface area contributed by atoms with Crippen LogP contribution >= 0.6 is 11.6 Å². The maximum Gasteiger partial charge on any atom is 0.419 e. The summed E-state index contributed by atoms with van der Waals surface area (Å²) in [6.07, 6.45) is 0.00899. The molecule has 1 aromatic carbocycles. The van der Waals surface area contributed by atoms with Gasteiger partial charge in [0.2, 0.25) is 5.95 Å². The van der Waals surface area contributed by atoms with Gasteiger partial charge < -0.3 is 19.4 Å². The van der Waals surface area contributed by atoms with Crippen LogP contribution in [0.5, 0.6) is 0 Å². The van der Waals surface area contributed by atoms with Crippen molar-refractivity contribution in [1.82, 2.24) is 28.2 Å². The number of fused-ring (bicyclic) bond motifs is 2. The number of esters is 1. The standard InChI is InChI=1S/C32H34ClN7O6/c1-7-45-28(42)19-15-18(19)22-11-9-13-24(34-22)35-29-36-26-25(37(29)5)27(41)39(30(43)38(26)6)16-17-14-20-21(33)10-8-12-23(20)40(17)31(44)46-32(2,3)4/h8-14,18-19H,7,15-16H2,1-6H3,(H,34,35,36)/t18-,19-/m1/s1. The Balaban J connectivity index is 1.37. The Morgan fingerprint density at radius 1 is 1.07 bits per heavy atom. The molecule has 6 rings (SSSR count). The average Bonchev–Trinajstić information content (AvgIpc) is 3.61. The Labute approximate surface area is 268 Å². The lowest BCUT2D eigenvalue weighted by Gasteiger charge is -2.21. The van der Waals surface area contributed by atoms with Crippen LogP contribution in [0.3, 0.4) is 0 Å². The number of ether oxygens (including phenoxy) is 2. The van der Waals surface area contributed by atoms with Crippen LogP contribution in [0.4, 0.5) is 16.6 Å². The van der Waals surface area contributed by atoms with Gasteiger partial charge in [0.25, 0.3) is 5.56 Å². The molecule has 46 heavy (non-hydrogen) atoms. The number of halogens is 1. The monoisotopic (exact) mass is 647 g/mol. The number of pyridine rings is 1. The van der Waals surface area contributed by atoms with Crippen LogP contribution in [0.1, 0.15) is 51.4 Å². The van der Waals surface area contributed by atoms with Crippen molar-refractivity contribution in [2.24, 2.45) is 20.0 Å². The van der Waals surface area contributed by atoms with Gasteiger partial charge >= 0.3 is 17.8 Å². The highest BCUT2D eigenvalue weighted by Crippen LogP contribution is 2.47. The minimum atomic E-state index is -0.789. The van der Waals surface area contributed by atoms with Gasteiger partial charge in [-0.3, -0.25) is 18.7 Å². The number of aryl methyl sites for hydroxylation is 2. The summed E-state index contributed by atoms with van der Waals surface area (Å²) in [4.78, 5) is 62.3. The molecule has 2 atom stereocenters. The number of aromatic nitrogens is 6. The average molecular weight is 648 g/mol. The van der Waals surface area contributed by atoms with Crippen molar-refractivity contribution >= 4 is 57.5 Å². The highest BCUT2D eigenvalue weighted by atomic mass is 35.5. The Hall–Kier alpha value is -4.91. The van der Waals surface area contributed by atoms with Crippen LogP contribution < -0.4 is 16.6 Å². The summed E-state index contributed by atoms with van der Waals surface area (Å²) in [5.41, 5.74) is -0.0717. The fourth-order valence-corrected chi connectivity index (χ4v) is 5.84. The van der Waals surface area contributed by atoms with Gasteiger partial charge in [0, 0.05) is 36.1 Å². The summed E-state index contributed by atoms with van der Waals surface area (Å²) in [5, 5.41) is 4.14. The van der Waals surface area contributed by atoms with E-state index >= 15 is 0 Å². The lowest BCUT2D eigenvalue weighted by Crippen LogP contribution is -2.40. The lowest BCUT2D eigenvalue weighted by atomic mass is 10.2. The van der Waals surface area contributed by atoms with Gasteiger partial charge in [0.05, 0.1) is 30.3 Å². The van der Waals surface area contributed by atoms with E-state index in [2.05, 4.69) is 15.3 Å². The molecule has 14 heteroatoms. The maximum atomic E-state index is 13.9. The summed E-state index contributed by atoms with van der Waals surface area (Å²) in [7, 11) is 3.19. The zero-order valence-electron chi connectivity index (χ0n) is 26.3. The maximum absolute atomic E-state index is 13.9. The molecule has 1 saturated carbocycles. The molecule has 1 N–H and O–H groups in total. The van der Waals surface area contributed by atoms with Crippen molar-refractivity contribution in [3.05, 3.63) is 79.7 Å². The molecule has 1 fully saturated rings. The largest absolute Gasteiger partial charge is 0.466 e. The molecule has 0 saturated heterocycles. The normalized spacial score (nSPS) is 16.2. The molecule has 4 aromatic heterocycles. The minimum absolute atomic E-state index is 0.0274. The SMILES string of the molecule is CCOC(=O)[C@@H]1C[C@H]1c1cccc(Nc2nc3c(c(=O)n(Cc4cc5c(Cl)cccc5n4C(=O)OC(C)(C)C)c(=O)n3C)n2C)n1. The van der Waals surface area contributed by atoms with Crippen molar-refractivity contribution in [3.8, 4) is 0 Å². The second kappa shape index (κ2) is 11.5. The first-order valence-electron chi connectivity index (χ1n) is 14.9.